The van der Waals surface area contributed by atoms with Gasteiger partial charge in [0.2, 0.25) is 0 Å². The summed E-state index contributed by atoms with van der Waals surface area (Å²) in [5, 5.41) is 8.79. The van der Waals surface area contributed by atoms with Gasteiger partial charge in [-0.05, 0) is 25.8 Å². The summed E-state index contributed by atoms with van der Waals surface area (Å²) in [6, 6.07) is 10.9. The first-order valence-corrected chi connectivity index (χ1v) is 7.88. The summed E-state index contributed by atoms with van der Waals surface area (Å²) in [6.45, 7) is 6.71. The molecular weight excluding hydrogens is 260 g/mol. The number of rotatable bonds is 4. The van der Waals surface area contributed by atoms with E-state index in [1.165, 1.54) is 19.4 Å². The van der Waals surface area contributed by atoms with Gasteiger partial charge in [-0.1, -0.05) is 43.7 Å². The molecule has 0 radical (unpaired) electrons. The second-order valence-corrected chi connectivity index (χ2v) is 6.03. The molecule has 0 amide bonds. The fourth-order valence-electron chi connectivity index (χ4n) is 3.36. The van der Waals surface area contributed by atoms with E-state index in [4.69, 9.17) is 0 Å². The van der Waals surface area contributed by atoms with Gasteiger partial charge in [0, 0.05) is 18.7 Å². The van der Waals surface area contributed by atoms with E-state index in [1.807, 2.05) is 18.2 Å². The summed E-state index contributed by atoms with van der Waals surface area (Å²) < 4.78 is 2.13. The third kappa shape index (κ3) is 2.72. The van der Waals surface area contributed by atoms with Gasteiger partial charge in [-0.2, -0.15) is 0 Å². The average molecular weight is 284 g/mol. The summed E-state index contributed by atoms with van der Waals surface area (Å²) in [6.07, 6.45) is 2.58. The van der Waals surface area contributed by atoms with Gasteiger partial charge in [0.15, 0.2) is 5.82 Å². The molecule has 0 N–H and O–H groups in total. The number of nitrogens with zero attached hydrogens (tertiary/aromatic N) is 4. The van der Waals surface area contributed by atoms with Gasteiger partial charge >= 0.3 is 0 Å². The van der Waals surface area contributed by atoms with Crippen LogP contribution in [0.3, 0.4) is 0 Å². The van der Waals surface area contributed by atoms with Crippen LogP contribution >= 0.6 is 0 Å². The van der Waals surface area contributed by atoms with Crippen molar-refractivity contribution in [3.05, 3.63) is 36.2 Å². The lowest BCUT2D eigenvalue weighted by atomic mass is 9.99. The van der Waals surface area contributed by atoms with Crippen molar-refractivity contribution >= 4 is 0 Å². The molecule has 4 nitrogen and oxygen atoms in total. The average Bonchev–Trinajstić information content (AvgIpc) is 3.05. The molecule has 0 saturated carbocycles. The Balaban J connectivity index is 1.78. The van der Waals surface area contributed by atoms with Gasteiger partial charge in [0.1, 0.15) is 5.82 Å². The molecule has 1 aromatic carbocycles. The molecule has 112 valence electrons. The molecule has 2 unspecified atom stereocenters. The Kier molecular flexibility index (Phi) is 4.06. The van der Waals surface area contributed by atoms with Crippen molar-refractivity contribution in [1.82, 2.24) is 19.7 Å². The highest BCUT2D eigenvalue weighted by atomic mass is 15.3. The fraction of sp³-hybridized carbons (Fsp3) is 0.529. The molecule has 2 heterocycles. The predicted octanol–water partition coefficient (Wildman–Crippen LogP) is 3.10. The minimum absolute atomic E-state index is 0.645. The maximum atomic E-state index is 4.41. The second-order valence-electron chi connectivity index (χ2n) is 6.03. The highest BCUT2D eigenvalue weighted by molar-refractivity contribution is 5.54. The predicted molar refractivity (Wildman–Crippen MR) is 84.7 cm³/mol. The maximum Gasteiger partial charge on any atom is 0.163 e. The molecule has 0 bridgehead atoms. The minimum atomic E-state index is 0.645. The van der Waals surface area contributed by atoms with Gasteiger partial charge in [0.05, 0.1) is 6.54 Å². The molecule has 1 aromatic heterocycles. The topological polar surface area (TPSA) is 34.0 Å². The van der Waals surface area contributed by atoms with Gasteiger partial charge < -0.3 is 4.57 Å². The Bertz CT molecular complexity index is 590. The number of aromatic nitrogens is 3. The van der Waals surface area contributed by atoms with Gasteiger partial charge in [-0.3, -0.25) is 4.90 Å². The standard InChI is InChI=1S/C17H24N4/c1-4-14-10-11-21(13(14)2)12-16-18-19-17(20(16)3)15-8-6-5-7-9-15/h5-9,13-14H,4,10-12H2,1-3H3. The van der Waals surface area contributed by atoms with Crippen LogP contribution in [0.1, 0.15) is 32.5 Å². The largest absolute Gasteiger partial charge is 0.313 e. The van der Waals surface area contributed by atoms with E-state index < -0.39 is 0 Å². The van der Waals surface area contributed by atoms with Gasteiger partial charge in [0.25, 0.3) is 0 Å². The van der Waals surface area contributed by atoms with Crippen molar-refractivity contribution < 1.29 is 0 Å². The molecule has 0 spiro atoms. The van der Waals surface area contributed by atoms with Crippen LogP contribution in [0.15, 0.2) is 30.3 Å². The van der Waals surface area contributed by atoms with E-state index >= 15 is 0 Å². The summed E-state index contributed by atoms with van der Waals surface area (Å²) in [7, 11) is 2.07. The normalized spacial score (nSPS) is 22.8. The number of likely N-dealkylation sites (tertiary alicyclic amines) is 1. The Labute approximate surface area is 126 Å². The van der Waals surface area contributed by atoms with E-state index in [2.05, 4.69) is 52.7 Å². The zero-order valence-electron chi connectivity index (χ0n) is 13.2. The molecule has 0 aliphatic carbocycles. The number of hydrogen-bond donors (Lipinski definition) is 0. The second kappa shape index (κ2) is 5.98. The van der Waals surface area contributed by atoms with Crippen molar-refractivity contribution in [2.45, 2.75) is 39.3 Å². The first kappa shape index (κ1) is 14.3. The van der Waals surface area contributed by atoms with Crippen molar-refractivity contribution in [1.29, 1.82) is 0 Å². The molecule has 4 heteroatoms. The SMILES string of the molecule is CCC1CCN(Cc2nnc(-c3ccccc3)n2C)C1C. The van der Waals surface area contributed by atoms with Crippen LogP contribution in [0.5, 0.6) is 0 Å². The van der Waals surface area contributed by atoms with Crippen molar-refractivity contribution in [2.24, 2.45) is 13.0 Å². The van der Waals surface area contributed by atoms with E-state index in [9.17, 15) is 0 Å². The first-order chi connectivity index (χ1) is 10.2. The molecule has 1 fully saturated rings. The van der Waals surface area contributed by atoms with Gasteiger partial charge in [-0.15, -0.1) is 10.2 Å². The summed E-state index contributed by atoms with van der Waals surface area (Å²) >= 11 is 0. The summed E-state index contributed by atoms with van der Waals surface area (Å²) in [4.78, 5) is 2.53. The number of hydrogen-bond acceptors (Lipinski definition) is 3. The molecule has 3 rings (SSSR count). The summed E-state index contributed by atoms with van der Waals surface area (Å²) in [5.41, 5.74) is 1.12. The lowest BCUT2D eigenvalue weighted by molar-refractivity contribution is 0.224. The van der Waals surface area contributed by atoms with E-state index in [0.717, 1.165) is 29.7 Å². The van der Waals surface area contributed by atoms with E-state index in [0.29, 0.717) is 6.04 Å². The smallest absolute Gasteiger partial charge is 0.163 e. The Morgan fingerprint density at radius 3 is 2.62 bits per heavy atom. The lowest BCUT2D eigenvalue weighted by Gasteiger charge is -2.23. The van der Waals surface area contributed by atoms with Crippen LogP contribution in [0.25, 0.3) is 11.4 Å². The van der Waals surface area contributed by atoms with Crippen LogP contribution < -0.4 is 0 Å². The lowest BCUT2D eigenvalue weighted by Crippen LogP contribution is -2.30. The van der Waals surface area contributed by atoms with Crippen LogP contribution in [-0.2, 0) is 13.6 Å². The third-order valence-electron chi connectivity index (χ3n) is 4.91. The Morgan fingerprint density at radius 1 is 1.19 bits per heavy atom. The number of benzene rings is 1. The minimum Gasteiger partial charge on any atom is -0.313 e. The first-order valence-electron chi connectivity index (χ1n) is 7.88. The highest BCUT2D eigenvalue weighted by Gasteiger charge is 2.30. The van der Waals surface area contributed by atoms with Crippen LogP contribution in [0, 0.1) is 5.92 Å². The zero-order valence-corrected chi connectivity index (χ0v) is 13.2. The maximum absolute atomic E-state index is 4.41. The third-order valence-corrected chi connectivity index (χ3v) is 4.91. The van der Waals surface area contributed by atoms with E-state index in [1.54, 1.807) is 0 Å². The highest BCUT2D eigenvalue weighted by Crippen LogP contribution is 2.28. The zero-order chi connectivity index (χ0) is 14.8. The Hall–Kier alpha value is -1.68. The molecule has 1 aliphatic heterocycles. The monoisotopic (exact) mass is 284 g/mol. The Morgan fingerprint density at radius 2 is 1.95 bits per heavy atom. The van der Waals surface area contributed by atoms with Crippen molar-refractivity contribution in [3.8, 4) is 11.4 Å². The van der Waals surface area contributed by atoms with Crippen LogP contribution in [0.4, 0.5) is 0 Å². The van der Waals surface area contributed by atoms with Crippen LogP contribution in [-0.4, -0.2) is 32.3 Å². The van der Waals surface area contributed by atoms with E-state index in [-0.39, 0.29) is 0 Å². The molecule has 2 aromatic rings. The summed E-state index contributed by atoms with van der Waals surface area (Å²) in [5.74, 6) is 2.83. The molecule has 21 heavy (non-hydrogen) atoms. The quantitative estimate of drug-likeness (QED) is 0.865. The molecule has 1 saturated heterocycles. The van der Waals surface area contributed by atoms with Crippen molar-refractivity contribution in [3.63, 3.8) is 0 Å². The molecular formula is C17H24N4. The van der Waals surface area contributed by atoms with Crippen molar-refractivity contribution in [2.75, 3.05) is 6.54 Å². The van der Waals surface area contributed by atoms with Crippen LogP contribution in [0.2, 0.25) is 0 Å². The fourth-order valence-corrected chi connectivity index (χ4v) is 3.36. The molecule has 1 aliphatic rings. The molecule has 2 atom stereocenters. The van der Waals surface area contributed by atoms with Gasteiger partial charge in [-0.25, -0.2) is 0 Å².